The molecule has 0 radical (unpaired) electrons. The van der Waals surface area contributed by atoms with Crippen molar-refractivity contribution in [3.63, 3.8) is 0 Å². The predicted octanol–water partition coefficient (Wildman–Crippen LogP) is 2.73. The van der Waals surface area contributed by atoms with E-state index >= 15 is 0 Å². The Morgan fingerprint density at radius 2 is 2.21 bits per heavy atom. The number of fused-ring (bicyclic) bond motifs is 3. The van der Waals surface area contributed by atoms with Gasteiger partial charge in [-0.15, -0.1) is 0 Å². The van der Waals surface area contributed by atoms with Gasteiger partial charge in [0.1, 0.15) is 29.0 Å². The van der Waals surface area contributed by atoms with Gasteiger partial charge >= 0.3 is 5.97 Å². The maximum absolute atomic E-state index is 13.9. The number of aromatic nitrogens is 4. The normalized spacial score (nSPS) is 11.0. The molecule has 0 atom stereocenters. The van der Waals surface area contributed by atoms with E-state index in [1.807, 2.05) is 12.1 Å². The molecule has 29 heavy (non-hydrogen) atoms. The summed E-state index contributed by atoms with van der Waals surface area (Å²) in [5.41, 5.74) is 3.60. The van der Waals surface area contributed by atoms with E-state index in [2.05, 4.69) is 20.3 Å². The van der Waals surface area contributed by atoms with Gasteiger partial charge in [-0.05, 0) is 29.8 Å². The number of pyridine rings is 1. The van der Waals surface area contributed by atoms with Crippen LogP contribution in [-0.4, -0.2) is 39.6 Å². The third-order valence-corrected chi connectivity index (χ3v) is 4.73. The molecule has 4 rings (SSSR count). The van der Waals surface area contributed by atoms with Gasteiger partial charge in [-0.3, -0.25) is 4.79 Å². The lowest BCUT2D eigenvalue weighted by Crippen LogP contribution is -2.14. The zero-order valence-electron chi connectivity index (χ0n) is 15.8. The standard InChI is InChI=1S/C20H17FN6O2/c1-23-19-18-17(24-10-25-18)15-7-14(27(20(15)26-19)9-16(28)29-2)6-11-3-12(8-22)5-13(21)4-11/h3-5,7,10H,6,9H2,1-2H3,(H,23,26)(H,24,25). The number of esters is 1. The molecule has 0 amide bonds. The van der Waals surface area contributed by atoms with E-state index in [9.17, 15) is 9.18 Å². The van der Waals surface area contributed by atoms with E-state index < -0.39 is 11.8 Å². The van der Waals surface area contributed by atoms with Gasteiger partial charge in [0.05, 0.1) is 25.1 Å². The maximum atomic E-state index is 13.9. The van der Waals surface area contributed by atoms with Crippen molar-refractivity contribution in [2.45, 2.75) is 13.0 Å². The number of nitrogens with one attached hydrogen (secondary N) is 2. The molecule has 0 fully saturated rings. The molecule has 3 aromatic heterocycles. The molecule has 146 valence electrons. The van der Waals surface area contributed by atoms with Crippen molar-refractivity contribution < 1.29 is 13.9 Å². The molecule has 0 spiro atoms. The monoisotopic (exact) mass is 392 g/mol. The van der Waals surface area contributed by atoms with E-state index in [0.717, 1.165) is 16.6 Å². The lowest BCUT2D eigenvalue weighted by atomic mass is 10.1. The summed E-state index contributed by atoms with van der Waals surface area (Å²) in [7, 11) is 3.07. The SMILES string of the molecule is CNc1nc2c(cc(Cc3cc(F)cc(C#N)c3)n2CC(=O)OC)c2nc[nH]c12. The number of hydrogen-bond donors (Lipinski definition) is 2. The molecule has 0 aliphatic heterocycles. The second-order valence-corrected chi connectivity index (χ2v) is 6.51. The average Bonchev–Trinajstić information content (AvgIpc) is 3.32. The van der Waals surface area contributed by atoms with Gasteiger partial charge in [0.25, 0.3) is 0 Å². The van der Waals surface area contributed by atoms with E-state index in [1.54, 1.807) is 24.0 Å². The number of H-pyrrole nitrogens is 1. The van der Waals surface area contributed by atoms with Crippen LogP contribution in [-0.2, 0) is 22.5 Å². The molecule has 0 saturated heterocycles. The summed E-state index contributed by atoms with van der Waals surface area (Å²) >= 11 is 0. The number of carbonyl (C=O) groups is 1. The summed E-state index contributed by atoms with van der Waals surface area (Å²) in [6.45, 7) is -0.0537. The number of nitriles is 1. The molecule has 2 N–H and O–H groups in total. The van der Waals surface area contributed by atoms with Crippen molar-refractivity contribution in [1.82, 2.24) is 19.5 Å². The fourth-order valence-electron chi connectivity index (χ4n) is 3.45. The number of rotatable bonds is 5. The molecular formula is C20H17FN6O2. The third-order valence-electron chi connectivity index (χ3n) is 4.73. The first-order valence-corrected chi connectivity index (χ1v) is 8.83. The summed E-state index contributed by atoms with van der Waals surface area (Å²) < 4.78 is 20.4. The van der Waals surface area contributed by atoms with Gasteiger partial charge in [0.2, 0.25) is 0 Å². The van der Waals surface area contributed by atoms with Crippen molar-refractivity contribution >= 4 is 33.9 Å². The van der Waals surface area contributed by atoms with Crippen LogP contribution in [0.3, 0.4) is 0 Å². The molecule has 0 unspecified atom stereocenters. The first-order chi connectivity index (χ1) is 14.0. The number of nitrogens with zero attached hydrogens (tertiary/aromatic N) is 4. The van der Waals surface area contributed by atoms with Gasteiger partial charge in [0.15, 0.2) is 5.82 Å². The minimum Gasteiger partial charge on any atom is -0.468 e. The Morgan fingerprint density at radius 1 is 1.38 bits per heavy atom. The van der Waals surface area contributed by atoms with Crippen LogP contribution in [0.4, 0.5) is 10.2 Å². The zero-order chi connectivity index (χ0) is 20.5. The number of methoxy groups -OCH3 is 1. The Morgan fingerprint density at radius 3 is 2.93 bits per heavy atom. The Hall–Kier alpha value is -3.93. The van der Waals surface area contributed by atoms with Gasteiger partial charge in [-0.1, -0.05) is 0 Å². The molecule has 0 saturated carbocycles. The molecule has 0 bridgehead atoms. The second kappa shape index (κ2) is 7.24. The van der Waals surface area contributed by atoms with E-state index in [1.165, 1.54) is 19.2 Å². The number of carbonyl (C=O) groups excluding carboxylic acids is 1. The quantitative estimate of drug-likeness (QED) is 0.506. The maximum Gasteiger partial charge on any atom is 0.325 e. The van der Waals surface area contributed by atoms with Gasteiger partial charge in [0, 0.05) is 24.5 Å². The number of imidazole rings is 1. The summed E-state index contributed by atoms with van der Waals surface area (Å²) in [6.07, 6.45) is 1.89. The Balaban J connectivity index is 1.92. The van der Waals surface area contributed by atoms with Crippen molar-refractivity contribution in [3.05, 3.63) is 53.2 Å². The first kappa shape index (κ1) is 18.4. The van der Waals surface area contributed by atoms with Crippen molar-refractivity contribution in [3.8, 4) is 6.07 Å². The highest BCUT2D eigenvalue weighted by Gasteiger charge is 2.19. The Bertz CT molecular complexity index is 1280. The van der Waals surface area contributed by atoms with Crippen LogP contribution in [0.15, 0.2) is 30.6 Å². The van der Waals surface area contributed by atoms with Crippen molar-refractivity contribution in [1.29, 1.82) is 5.26 Å². The molecule has 8 nitrogen and oxygen atoms in total. The minimum absolute atomic E-state index is 0.0537. The molecule has 9 heteroatoms. The number of aromatic amines is 1. The number of ether oxygens (including phenoxy) is 1. The predicted molar refractivity (Wildman–Crippen MR) is 105 cm³/mol. The van der Waals surface area contributed by atoms with Crippen LogP contribution in [0.5, 0.6) is 0 Å². The van der Waals surface area contributed by atoms with E-state index in [4.69, 9.17) is 10.00 Å². The summed E-state index contributed by atoms with van der Waals surface area (Å²) in [6, 6.07) is 8.02. The van der Waals surface area contributed by atoms with Crippen LogP contribution in [0.2, 0.25) is 0 Å². The third kappa shape index (κ3) is 3.25. The van der Waals surface area contributed by atoms with Gasteiger partial charge in [-0.2, -0.15) is 5.26 Å². The Labute approximate surface area is 164 Å². The number of hydrogen-bond acceptors (Lipinski definition) is 6. The van der Waals surface area contributed by atoms with Crippen LogP contribution >= 0.6 is 0 Å². The highest BCUT2D eigenvalue weighted by molar-refractivity contribution is 6.06. The first-order valence-electron chi connectivity index (χ1n) is 8.83. The van der Waals surface area contributed by atoms with Crippen LogP contribution < -0.4 is 5.32 Å². The molecule has 0 aliphatic rings. The number of anilines is 1. The van der Waals surface area contributed by atoms with Crippen LogP contribution in [0.1, 0.15) is 16.8 Å². The Kier molecular flexibility index (Phi) is 4.60. The van der Waals surface area contributed by atoms with Crippen LogP contribution in [0, 0.1) is 17.1 Å². The van der Waals surface area contributed by atoms with Crippen molar-refractivity contribution in [2.24, 2.45) is 0 Å². The lowest BCUT2D eigenvalue weighted by Gasteiger charge is -2.10. The lowest BCUT2D eigenvalue weighted by molar-refractivity contribution is -0.141. The summed E-state index contributed by atoms with van der Waals surface area (Å²) in [4.78, 5) is 24.1. The summed E-state index contributed by atoms with van der Waals surface area (Å²) in [5, 5.41) is 12.9. The van der Waals surface area contributed by atoms with E-state index in [-0.39, 0.29) is 12.1 Å². The fraction of sp³-hybridized carbons (Fsp3) is 0.200. The van der Waals surface area contributed by atoms with Gasteiger partial charge < -0.3 is 19.6 Å². The highest BCUT2D eigenvalue weighted by atomic mass is 19.1. The van der Waals surface area contributed by atoms with Crippen LogP contribution in [0.25, 0.3) is 22.1 Å². The zero-order valence-corrected chi connectivity index (χ0v) is 15.8. The molecule has 0 aliphatic carbocycles. The molecule has 1 aromatic carbocycles. The molecular weight excluding hydrogens is 375 g/mol. The fourth-order valence-corrected chi connectivity index (χ4v) is 3.45. The van der Waals surface area contributed by atoms with Gasteiger partial charge in [-0.25, -0.2) is 14.4 Å². The smallest absolute Gasteiger partial charge is 0.325 e. The topological polar surface area (TPSA) is 109 Å². The number of benzene rings is 1. The van der Waals surface area contributed by atoms with Crippen molar-refractivity contribution in [2.75, 3.05) is 19.5 Å². The summed E-state index contributed by atoms with van der Waals surface area (Å²) in [5.74, 6) is -0.325. The van der Waals surface area contributed by atoms with E-state index in [0.29, 0.717) is 29.0 Å². The second-order valence-electron chi connectivity index (χ2n) is 6.51. The largest absolute Gasteiger partial charge is 0.468 e. The number of halogens is 1. The molecule has 3 heterocycles. The average molecular weight is 392 g/mol. The minimum atomic E-state index is -0.486. The highest BCUT2D eigenvalue weighted by Crippen LogP contribution is 2.30. The molecule has 4 aromatic rings.